The molecule has 4 heteroatoms. The molecule has 1 aromatic carbocycles. The SMILES string of the molecule is CCOc1cccc(-n2cncc2C(C)N)c1. The Morgan fingerprint density at radius 3 is 3.00 bits per heavy atom. The van der Waals surface area contributed by atoms with Gasteiger partial charge in [-0.1, -0.05) is 6.07 Å². The smallest absolute Gasteiger partial charge is 0.121 e. The predicted octanol–water partition coefficient (Wildman–Crippen LogP) is 2.29. The maximum absolute atomic E-state index is 5.90. The molecule has 4 nitrogen and oxygen atoms in total. The van der Waals surface area contributed by atoms with E-state index in [0.29, 0.717) is 6.61 Å². The highest BCUT2D eigenvalue weighted by Crippen LogP contribution is 2.20. The monoisotopic (exact) mass is 231 g/mol. The van der Waals surface area contributed by atoms with Gasteiger partial charge in [-0.15, -0.1) is 0 Å². The van der Waals surface area contributed by atoms with Crippen molar-refractivity contribution in [2.75, 3.05) is 6.61 Å². The lowest BCUT2D eigenvalue weighted by Gasteiger charge is -2.12. The van der Waals surface area contributed by atoms with Crippen molar-refractivity contribution in [3.05, 3.63) is 42.5 Å². The van der Waals surface area contributed by atoms with Gasteiger partial charge in [0.05, 0.1) is 30.5 Å². The Kier molecular flexibility index (Phi) is 3.44. The first-order valence-electron chi connectivity index (χ1n) is 5.73. The Morgan fingerprint density at radius 2 is 2.29 bits per heavy atom. The van der Waals surface area contributed by atoms with Crippen LogP contribution >= 0.6 is 0 Å². The van der Waals surface area contributed by atoms with Gasteiger partial charge in [-0.3, -0.25) is 0 Å². The fraction of sp³-hybridized carbons (Fsp3) is 0.308. The maximum atomic E-state index is 5.90. The molecule has 1 atom stereocenters. The minimum atomic E-state index is -0.0479. The number of ether oxygens (including phenoxy) is 1. The van der Waals surface area contributed by atoms with E-state index in [-0.39, 0.29) is 6.04 Å². The van der Waals surface area contributed by atoms with Crippen LogP contribution in [0.1, 0.15) is 25.6 Å². The molecule has 0 saturated carbocycles. The quantitative estimate of drug-likeness (QED) is 0.878. The molecule has 1 aromatic heterocycles. The van der Waals surface area contributed by atoms with E-state index in [1.54, 1.807) is 12.5 Å². The molecule has 2 aromatic rings. The lowest BCUT2D eigenvalue weighted by molar-refractivity contribution is 0.340. The Balaban J connectivity index is 2.38. The molecule has 17 heavy (non-hydrogen) atoms. The number of nitrogens with two attached hydrogens (primary N) is 1. The number of benzene rings is 1. The van der Waals surface area contributed by atoms with Gasteiger partial charge in [0.15, 0.2) is 0 Å². The van der Waals surface area contributed by atoms with Crippen molar-refractivity contribution in [3.63, 3.8) is 0 Å². The van der Waals surface area contributed by atoms with Crippen LogP contribution in [0.4, 0.5) is 0 Å². The molecule has 2 rings (SSSR count). The second kappa shape index (κ2) is 5.01. The first-order valence-corrected chi connectivity index (χ1v) is 5.73. The van der Waals surface area contributed by atoms with E-state index < -0.39 is 0 Å². The molecule has 0 radical (unpaired) electrons. The molecule has 1 heterocycles. The van der Waals surface area contributed by atoms with Gasteiger partial charge >= 0.3 is 0 Å². The first-order chi connectivity index (χ1) is 8.22. The molecule has 0 amide bonds. The Morgan fingerprint density at radius 1 is 1.47 bits per heavy atom. The molecule has 2 N–H and O–H groups in total. The molecule has 0 aliphatic heterocycles. The van der Waals surface area contributed by atoms with Crippen molar-refractivity contribution in [1.29, 1.82) is 0 Å². The summed E-state index contributed by atoms with van der Waals surface area (Å²) in [6.07, 6.45) is 3.56. The predicted molar refractivity (Wildman–Crippen MR) is 67.3 cm³/mol. The van der Waals surface area contributed by atoms with Gasteiger partial charge in [0.2, 0.25) is 0 Å². The van der Waals surface area contributed by atoms with Crippen molar-refractivity contribution >= 4 is 0 Å². The van der Waals surface area contributed by atoms with Crippen LogP contribution < -0.4 is 10.5 Å². The van der Waals surface area contributed by atoms with E-state index in [9.17, 15) is 0 Å². The van der Waals surface area contributed by atoms with E-state index in [1.807, 2.05) is 42.7 Å². The zero-order valence-corrected chi connectivity index (χ0v) is 10.1. The van der Waals surface area contributed by atoms with Crippen LogP contribution in [0.25, 0.3) is 5.69 Å². The van der Waals surface area contributed by atoms with Gasteiger partial charge in [0.25, 0.3) is 0 Å². The topological polar surface area (TPSA) is 53.1 Å². The fourth-order valence-electron chi connectivity index (χ4n) is 1.75. The van der Waals surface area contributed by atoms with Crippen molar-refractivity contribution in [2.45, 2.75) is 19.9 Å². The highest BCUT2D eigenvalue weighted by atomic mass is 16.5. The number of hydrogen-bond acceptors (Lipinski definition) is 3. The largest absolute Gasteiger partial charge is 0.494 e. The van der Waals surface area contributed by atoms with Gasteiger partial charge in [0.1, 0.15) is 5.75 Å². The minimum absolute atomic E-state index is 0.0479. The van der Waals surface area contributed by atoms with Crippen LogP contribution in [-0.2, 0) is 0 Å². The molecular formula is C13H17N3O. The molecule has 90 valence electrons. The molecule has 0 spiro atoms. The van der Waals surface area contributed by atoms with Crippen LogP contribution in [0, 0.1) is 0 Å². The summed E-state index contributed by atoms with van der Waals surface area (Å²) < 4.78 is 7.46. The number of aromatic nitrogens is 2. The molecular weight excluding hydrogens is 214 g/mol. The zero-order chi connectivity index (χ0) is 12.3. The molecule has 0 bridgehead atoms. The van der Waals surface area contributed by atoms with Crippen molar-refractivity contribution in [2.24, 2.45) is 5.73 Å². The summed E-state index contributed by atoms with van der Waals surface area (Å²) >= 11 is 0. The molecule has 0 saturated heterocycles. The summed E-state index contributed by atoms with van der Waals surface area (Å²) in [6.45, 7) is 4.57. The van der Waals surface area contributed by atoms with E-state index in [1.165, 1.54) is 0 Å². The molecule has 0 aliphatic carbocycles. The molecule has 0 fully saturated rings. The Hall–Kier alpha value is -1.81. The van der Waals surface area contributed by atoms with E-state index in [2.05, 4.69) is 4.98 Å². The lowest BCUT2D eigenvalue weighted by atomic mass is 10.2. The summed E-state index contributed by atoms with van der Waals surface area (Å²) in [5, 5.41) is 0. The number of rotatable bonds is 4. The third-order valence-electron chi connectivity index (χ3n) is 2.54. The lowest BCUT2D eigenvalue weighted by Crippen LogP contribution is -2.10. The third kappa shape index (κ3) is 2.47. The van der Waals surface area contributed by atoms with E-state index in [4.69, 9.17) is 10.5 Å². The van der Waals surface area contributed by atoms with Gasteiger partial charge in [-0.2, -0.15) is 0 Å². The first kappa shape index (κ1) is 11.7. The average molecular weight is 231 g/mol. The summed E-state index contributed by atoms with van der Waals surface area (Å²) in [7, 11) is 0. The van der Waals surface area contributed by atoms with Gasteiger partial charge in [0, 0.05) is 12.1 Å². The Bertz CT molecular complexity index is 491. The van der Waals surface area contributed by atoms with Gasteiger partial charge in [-0.05, 0) is 26.0 Å². The molecule has 0 aliphatic rings. The second-order valence-electron chi connectivity index (χ2n) is 3.91. The van der Waals surface area contributed by atoms with Crippen molar-refractivity contribution in [1.82, 2.24) is 9.55 Å². The van der Waals surface area contributed by atoms with E-state index >= 15 is 0 Å². The van der Waals surface area contributed by atoms with Gasteiger partial charge in [-0.25, -0.2) is 4.98 Å². The average Bonchev–Trinajstić information content (AvgIpc) is 2.79. The van der Waals surface area contributed by atoms with Crippen molar-refractivity contribution < 1.29 is 4.74 Å². The van der Waals surface area contributed by atoms with Gasteiger partial charge < -0.3 is 15.0 Å². The zero-order valence-electron chi connectivity index (χ0n) is 10.1. The standard InChI is InChI=1S/C13H17N3O/c1-3-17-12-6-4-5-11(7-12)16-9-15-8-13(16)10(2)14/h4-10H,3,14H2,1-2H3. The second-order valence-corrected chi connectivity index (χ2v) is 3.91. The van der Waals surface area contributed by atoms with Crippen LogP contribution in [-0.4, -0.2) is 16.2 Å². The normalized spacial score (nSPS) is 12.4. The van der Waals surface area contributed by atoms with Crippen LogP contribution in [0.2, 0.25) is 0 Å². The number of hydrogen-bond donors (Lipinski definition) is 1. The minimum Gasteiger partial charge on any atom is -0.494 e. The highest BCUT2D eigenvalue weighted by molar-refractivity contribution is 5.40. The fourth-order valence-corrected chi connectivity index (χ4v) is 1.75. The van der Waals surface area contributed by atoms with Crippen LogP contribution in [0.3, 0.4) is 0 Å². The Labute approximate surface area is 101 Å². The van der Waals surface area contributed by atoms with E-state index in [0.717, 1.165) is 17.1 Å². The number of imidazole rings is 1. The highest BCUT2D eigenvalue weighted by Gasteiger charge is 2.08. The summed E-state index contributed by atoms with van der Waals surface area (Å²) in [5.41, 5.74) is 7.90. The van der Waals surface area contributed by atoms with Crippen LogP contribution in [0.5, 0.6) is 5.75 Å². The maximum Gasteiger partial charge on any atom is 0.121 e. The summed E-state index contributed by atoms with van der Waals surface area (Å²) in [5.74, 6) is 0.856. The number of nitrogens with zero attached hydrogens (tertiary/aromatic N) is 2. The van der Waals surface area contributed by atoms with Crippen molar-refractivity contribution in [3.8, 4) is 11.4 Å². The van der Waals surface area contributed by atoms with Crippen LogP contribution in [0.15, 0.2) is 36.8 Å². The molecule has 1 unspecified atom stereocenters. The third-order valence-corrected chi connectivity index (χ3v) is 2.54. The summed E-state index contributed by atoms with van der Waals surface area (Å²) in [4.78, 5) is 4.14. The summed E-state index contributed by atoms with van der Waals surface area (Å²) in [6, 6.07) is 7.85.